The fourth-order valence-electron chi connectivity index (χ4n) is 4.04. The zero-order valence-corrected chi connectivity index (χ0v) is 14.2. The van der Waals surface area contributed by atoms with Crippen LogP contribution < -0.4 is 0 Å². The molecule has 0 amide bonds. The van der Waals surface area contributed by atoms with E-state index in [4.69, 9.17) is 4.74 Å². The molecule has 3 nitrogen and oxygen atoms in total. The Balaban J connectivity index is 1.46. The summed E-state index contributed by atoms with van der Waals surface area (Å²) in [4.78, 5) is 14.1. The molecule has 1 aliphatic heterocycles. The van der Waals surface area contributed by atoms with E-state index in [9.17, 15) is 4.79 Å². The van der Waals surface area contributed by atoms with Gasteiger partial charge in [0.2, 0.25) is 0 Å². The molecule has 124 valence electrons. The number of nitrogens with zero attached hydrogens (tertiary/aromatic N) is 1. The van der Waals surface area contributed by atoms with Crippen molar-refractivity contribution in [3.63, 3.8) is 0 Å². The molecule has 5 unspecified atom stereocenters. The highest BCUT2D eigenvalue weighted by Gasteiger charge is 2.50. The first kappa shape index (κ1) is 16.3. The lowest BCUT2D eigenvalue weighted by Crippen LogP contribution is -2.14. The van der Waals surface area contributed by atoms with Crippen LogP contribution in [0.1, 0.15) is 38.7 Å². The van der Waals surface area contributed by atoms with Crippen LogP contribution >= 0.6 is 0 Å². The third-order valence-electron chi connectivity index (χ3n) is 5.38. The Kier molecular flexibility index (Phi) is 4.86. The summed E-state index contributed by atoms with van der Waals surface area (Å²) in [6.45, 7) is 9.28. The average molecular weight is 313 g/mol. The van der Waals surface area contributed by atoms with Crippen molar-refractivity contribution in [2.75, 3.05) is 6.61 Å². The lowest BCUT2D eigenvalue weighted by molar-refractivity contribution is -0.140. The van der Waals surface area contributed by atoms with Crippen LogP contribution in [-0.4, -0.2) is 29.6 Å². The van der Waals surface area contributed by atoms with Crippen molar-refractivity contribution in [3.8, 4) is 0 Å². The lowest BCUT2D eigenvalue weighted by Gasteiger charge is -2.12. The van der Waals surface area contributed by atoms with Crippen molar-refractivity contribution in [1.82, 2.24) is 4.90 Å². The van der Waals surface area contributed by atoms with E-state index in [1.54, 1.807) is 6.92 Å². The standard InChI is InChI=1S/C20H27NO2/c1-14(2)20(22)23-13-17-9-10-18(11-17)19-15(3)21(19)12-16-7-5-4-6-8-16/h4-8,15,17-19H,1,9-13H2,2-3H3. The van der Waals surface area contributed by atoms with Crippen molar-refractivity contribution < 1.29 is 9.53 Å². The highest BCUT2D eigenvalue weighted by atomic mass is 16.5. The van der Waals surface area contributed by atoms with Gasteiger partial charge in [-0.1, -0.05) is 36.9 Å². The second-order valence-corrected chi connectivity index (χ2v) is 7.21. The Bertz CT molecular complexity index is 568. The molecule has 2 aliphatic rings. The number of hydrogen-bond donors (Lipinski definition) is 0. The second kappa shape index (κ2) is 6.88. The predicted octanol–water partition coefficient (Wildman–Crippen LogP) is 3.79. The van der Waals surface area contributed by atoms with E-state index in [1.807, 2.05) is 0 Å². The summed E-state index contributed by atoms with van der Waals surface area (Å²) < 4.78 is 5.33. The van der Waals surface area contributed by atoms with E-state index in [0.717, 1.165) is 12.5 Å². The van der Waals surface area contributed by atoms with Crippen molar-refractivity contribution in [2.24, 2.45) is 11.8 Å². The molecule has 1 aromatic rings. The van der Waals surface area contributed by atoms with E-state index in [2.05, 4.69) is 48.7 Å². The van der Waals surface area contributed by atoms with Gasteiger partial charge in [0.25, 0.3) is 0 Å². The van der Waals surface area contributed by atoms with Crippen LogP contribution in [0.3, 0.4) is 0 Å². The smallest absolute Gasteiger partial charge is 0.333 e. The SMILES string of the molecule is C=C(C)C(=O)OCC1CCC(C2C(C)N2Cc2ccccc2)C1. The van der Waals surface area contributed by atoms with Crippen molar-refractivity contribution in [2.45, 2.75) is 51.7 Å². The van der Waals surface area contributed by atoms with Crippen LogP contribution in [0.2, 0.25) is 0 Å². The molecule has 3 heteroatoms. The molecular formula is C20H27NO2. The quantitative estimate of drug-likeness (QED) is 0.454. The maximum absolute atomic E-state index is 11.5. The van der Waals surface area contributed by atoms with Gasteiger partial charge in [-0.25, -0.2) is 4.79 Å². The topological polar surface area (TPSA) is 29.3 Å². The minimum absolute atomic E-state index is 0.251. The fraction of sp³-hybridized carbons (Fsp3) is 0.550. The van der Waals surface area contributed by atoms with E-state index in [0.29, 0.717) is 30.2 Å². The molecule has 3 rings (SSSR count). The second-order valence-electron chi connectivity index (χ2n) is 7.21. The fourth-order valence-corrected chi connectivity index (χ4v) is 4.04. The summed E-state index contributed by atoms with van der Waals surface area (Å²) in [7, 11) is 0. The number of carbonyl (C=O) groups is 1. The zero-order valence-electron chi connectivity index (χ0n) is 14.2. The minimum Gasteiger partial charge on any atom is -0.462 e. The molecule has 0 spiro atoms. The Morgan fingerprint density at radius 2 is 2.04 bits per heavy atom. The summed E-state index contributed by atoms with van der Waals surface area (Å²) in [6.07, 6.45) is 3.62. The van der Waals surface area contributed by atoms with Gasteiger partial charge in [-0.2, -0.15) is 0 Å². The first-order chi connectivity index (χ1) is 11.1. The van der Waals surface area contributed by atoms with Crippen LogP contribution in [0.25, 0.3) is 0 Å². The molecule has 0 aromatic heterocycles. The van der Waals surface area contributed by atoms with E-state index in [1.165, 1.54) is 24.8 Å². The number of ether oxygens (including phenoxy) is 1. The van der Waals surface area contributed by atoms with Crippen molar-refractivity contribution in [1.29, 1.82) is 0 Å². The van der Waals surface area contributed by atoms with Crippen LogP contribution in [0, 0.1) is 11.8 Å². The summed E-state index contributed by atoms with van der Waals surface area (Å²) >= 11 is 0. The molecule has 0 bridgehead atoms. The number of rotatable bonds is 6. The van der Waals surface area contributed by atoms with Gasteiger partial charge in [0.15, 0.2) is 0 Å². The van der Waals surface area contributed by atoms with Gasteiger partial charge in [-0.05, 0) is 50.5 Å². The summed E-state index contributed by atoms with van der Waals surface area (Å²) in [6, 6.07) is 12.1. The largest absolute Gasteiger partial charge is 0.462 e. The van der Waals surface area contributed by atoms with E-state index < -0.39 is 0 Å². The summed E-state index contributed by atoms with van der Waals surface area (Å²) in [5.74, 6) is 1.02. The molecule has 0 N–H and O–H groups in total. The summed E-state index contributed by atoms with van der Waals surface area (Å²) in [5.41, 5.74) is 1.89. The van der Waals surface area contributed by atoms with Gasteiger partial charge in [0, 0.05) is 24.2 Å². The molecule has 1 heterocycles. The van der Waals surface area contributed by atoms with Gasteiger partial charge >= 0.3 is 5.97 Å². The molecule has 2 fully saturated rings. The molecule has 0 radical (unpaired) electrons. The Morgan fingerprint density at radius 3 is 2.74 bits per heavy atom. The number of hydrogen-bond acceptors (Lipinski definition) is 3. The Morgan fingerprint density at radius 1 is 1.30 bits per heavy atom. The van der Waals surface area contributed by atoms with Gasteiger partial charge < -0.3 is 4.74 Å². The van der Waals surface area contributed by atoms with Crippen molar-refractivity contribution in [3.05, 3.63) is 48.0 Å². The highest BCUT2D eigenvalue weighted by Crippen LogP contribution is 2.45. The highest BCUT2D eigenvalue weighted by molar-refractivity contribution is 5.86. The molecule has 23 heavy (non-hydrogen) atoms. The Hall–Kier alpha value is -1.61. The minimum atomic E-state index is -0.251. The average Bonchev–Trinajstić information content (AvgIpc) is 2.97. The van der Waals surface area contributed by atoms with Gasteiger partial charge in [0.05, 0.1) is 6.61 Å². The molecule has 1 saturated carbocycles. The lowest BCUT2D eigenvalue weighted by atomic mass is 10.00. The van der Waals surface area contributed by atoms with E-state index in [-0.39, 0.29) is 5.97 Å². The normalized spacial score (nSPS) is 32.5. The van der Waals surface area contributed by atoms with Crippen molar-refractivity contribution >= 4 is 5.97 Å². The predicted molar refractivity (Wildman–Crippen MR) is 91.8 cm³/mol. The third kappa shape index (κ3) is 3.84. The molecule has 5 atom stereocenters. The Labute approximate surface area is 139 Å². The molecule has 1 saturated heterocycles. The molecule has 1 aromatic carbocycles. The van der Waals surface area contributed by atoms with E-state index >= 15 is 0 Å². The molecular weight excluding hydrogens is 286 g/mol. The van der Waals surface area contributed by atoms with Gasteiger partial charge in [-0.15, -0.1) is 0 Å². The third-order valence-corrected chi connectivity index (χ3v) is 5.38. The first-order valence-electron chi connectivity index (χ1n) is 8.68. The maximum atomic E-state index is 11.5. The first-order valence-corrected chi connectivity index (χ1v) is 8.68. The van der Waals surface area contributed by atoms with Gasteiger partial charge in [0.1, 0.15) is 0 Å². The number of carbonyl (C=O) groups excluding carboxylic acids is 1. The van der Waals surface area contributed by atoms with Crippen LogP contribution in [0.15, 0.2) is 42.5 Å². The monoisotopic (exact) mass is 313 g/mol. The van der Waals surface area contributed by atoms with Crippen LogP contribution in [0.5, 0.6) is 0 Å². The summed E-state index contributed by atoms with van der Waals surface area (Å²) in [5, 5.41) is 0. The van der Waals surface area contributed by atoms with Gasteiger partial charge in [-0.3, -0.25) is 4.90 Å². The maximum Gasteiger partial charge on any atom is 0.333 e. The molecule has 1 aliphatic carbocycles. The van der Waals surface area contributed by atoms with Crippen LogP contribution in [0.4, 0.5) is 0 Å². The number of esters is 1. The van der Waals surface area contributed by atoms with Crippen LogP contribution in [-0.2, 0) is 16.1 Å². The number of benzene rings is 1. The zero-order chi connectivity index (χ0) is 16.4.